The number of nitrogens with one attached hydrogen (secondary N) is 3. The summed E-state index contributed by atoms with van der Waals surface area (Å²) in [5.74, 6) is -0.0888. The van der Waals surface area contributed by atoms with Crippen molar-refractivity contribution >= 4 is 46.7 Å². The molecule has 0 fully saturated rings. The van der Waals surface area contributed by atoms with Gasteiger partial charge < -0.3 is 24.8 Å². The number of thiocarbonyl (C=S) groups is 1. The Balaban J connectivity index is 1.60. The summed E-state index contributed by atoms with van der Waals surface area (Å²) < 4.78 is 16.2. The van der Waals surface area contributed by atoms with E-state index < -0.39 is 18.1 Å². The monoisotopic (exact) mass is 486 g/mol. The van der Waals surface area contributed by atoms with Gasteiger partial charge in [-0.15, -0.1) is 0 Å². The van der Waals surface area contributed by atoms with Gasteiger partial charge in [-0.1, -0.05) is 6.07 Å². The SMILES string of the molecule is COC1=CC(C(=O)NC(=S)Nc2cccc(NC(=O)C3CC=NC(C)C3)c2)=CC(OC)C1OC. The largest absolute Gasteiger partial charge is 0.498 e. The quantitative estimate of drug-likeness (QED) is 0.509. The molecule has 0 radical (unpaired) electrons. The van der Waals surface area contributed by atoms with Crippen LogP contribution in [0.4, 0.5) is 11.4 Å². The molecule has 0 saturated heterocycles. The molecular formula is C24H30N4O5S. The highest BCUT2D eigenvalue weighted by atomic mass is 32.1. The van der Waals surface area contributed by atoms with Crippen LogP contribution in [0.15, 0.2) is 52.7 Å². The Labute approximate surface area is 204 Å². The number of benzene rings is 1. The lowest BCUT2D eigenvalue weighted by atomic mass is 9.94. The number of hydrogen-bond donors (Lipinski definition) is 3. The van der Waals surface area contributed by atoms with Gasteiger partial charge in [0.1, 0.15) is 18.0 Å². The van der Waals surface area contributed by atoms with Crippen LogP contribution in [0.1, 0.15) is 19.8 Å². The first kappa shape index (κ1) is 25.5. The number of ether oxygens (including phenoxy) is 3. The minimum atomic E-state index is -0.481. The molecule has 3 N–H and O–H groups in total. The van der Waals surface area contributed by atoms with Crippen LogP contribution in [0.25, 0.3) is 0 Å². The number of anilines is 2. The lowest BCUT2D eigenvalue weighted by Gasteiger charge is -2.28. The fourth-order valence-electron chi connectivity index (χ4n) is 3.88. The van der Waals surface area contributed by atoms with Gasteiger partial charge in [0.2, 0.25) is 5.91 Å². The average molecular weight is 487 g/mol. The van der Waals surface area contributed by atoms with E-state index in [1.807, 2.05) is 13.1 Å². The first-order valence-corrected chi connectivity index (χ1v) is 11.3. The Kier molecular flexibility index (Phi) is 8.91. The minimum absolute atomic E-state index is 0.0435. The minimum Gasteiger partial charge on any atom is -0.498 e. The summed E-state index contributed by atoms with van der Waals surface area (Å²) in [6.45, 7) is 2.00. The van der Waals surface area contributed by atoms with E-state index in [1.165, 1.54) is 14.2 Å². The summed E-state index contributed by atoms with van der Waals surface area (Å²) in [6, 6.07) is 7.28. The van der Waals surface area contributed by atoms with Crippen molar-refractivity contribution in [3.8, 4) is 0 Å². The van der Waals surface area contributed by atoms with Crippen LogP contribution in [0.2, 0.25) is 0 Å². The van der Waals surface area contributed by atoms with Gasteiger partial charge in [-0.3, -0.25) is 19.9 Å². The van der Waals surface area contributed by atoms with E-state index in [-0.39, 0.29) is 23.0 Å². The van der Waals surface area contributed by atoms with Crippen molar-refractivity contribution in [2.45, 2.75) is 38.0 Å². The molecule has 1 aromatic rings. The number of amides is 2. The van der Waals surface area contributed by atoms with Gasteiger partial charge in [0, 0.05) is 43.1 Å². The van der Waals surface area contributed by atoms with Crippen molar-refractivity contribution in [3.63, 3.8) is 0 Å². The van der Waals surface area contributed by atoms with Gasteiger partial charge in [-0.25, -0.2) is 0 Å². The van der Waals surface area contributed by atoms with Gasteiger partial charge in [0.15, 0.2) is 5.11 Å². The molecule has 34 heavy (non-hydrogen) atoms. The van der Waals surface area contributed by atoms with Gasteiger partial charge in [-0.2, -0.15) is 0 Å². The fourth-order valence-corrected chi connectivity index (χ4v) is 4.09. The van der Waals surface area contributed by atoms with Crippen molar-refractivity contribution < 1.29 is 23.8 Å². The number of methoxy groups -OCH3 is 3. The van der Waals surface area contributed by atoms with E-state index in [2.05, 4.69) is 20.9 Å². The highest BCUT2D eigenvalue weighted by Crippen LogP contribution is 2.24. The molecule has 4 atom stereocenters. The van der Waals surface area contributed by atoms with Crippen LogP contribution < -0.4 is 16.0 Å². The van der Waals surface area contributed by atoms with Crippen molar-refractivity contribution in [1.29, 1.82) is 0 Å². The van der Waals surface area contributed by atoms with Gasteiger partial charge in [0.05, 0.1) is 7.11 Å². The van der Waals surface area contributed by atoms with Crippen LogP contribution in [0.3, 0.4) is 0 Å². The Morgan fingerprint density at radius 1 is 1.12 bits per heavy atom. The van der Waals surface area contributed by atoms with Crippen molar-refractivity contribution in [1.82, 2.24) is 5.32 Å². The Bertz CT molecular complexity index is 1020. The summed E-state index contributed by atoms with van der Waals surface area (Å²) in [7, 11) is 4.58. The molecule has 4 unspecified atom stereocenters. The number of carbonyl (C=O) groups excluding carboxylic acids is 2. The van der Waals surface area contributed by atoms with Gasteiger partial charge in [-0.05, 0) is 68.5 Å². The second-order valence-electron chi connectivity index (χ2n) is 8.06. The fraction of sp³-hybridized carbons (Fsp3) is 0.417. The second kappa shape index (κ2) is 11.9. The second-order valence-corrected chi connectivity index (χ2v) is 8.47. The molecule has 0 bridgehead atoms. The molecule has 0 aromatic heterocycles. The number of carbonyl (C=O) groups is 2. The van der Waals surface area contributed by atoms with E-state index in [0.717, 1.165) is 6.42 Å². The molecule has 1 aliphatic carbocycles. The van der Waals surface area contributed by atoms with Crippen LogP contribution in [-0.2, 0) is 23.8 Å². The van der Waals surface area contributed by atoms with E-state index in [4.69, 9.17) is 26.4 Å². The molecule has 2 aliphatic rings. The van der Waals surface area contributed by atoms with E-state index >= 15 is 0 Å². The molecule has 9 nitrogen and oxygen atoms in total. The number of hydrogen-bond acceptors (Lipinski definition) is 7. The standard InChI is InChI=1S/C24H30N4O5S/c1-14-10-15(8-9-25-14)22(29)26-17-6-5-7-18(13-17)27-24(34)28-23(30)16-11-19(31-2)21(33-4)20(12-16)32-3/h5-7,9,11-15,19,21H,8,10H2,1-4H3,(H,26,29)(H2,27,28,30,34). The molecule has 1 aliphatic heterocycles. The maximum atomic E-state index is 12.8. The molecule has 1 heterocycles. The summed E-state index contributed by atoms with van der Waals surface area (Å²) >= 11 is 5.31. The predicted octanol–water partition coefficient (Wildman–Crippen LogP) is 2.81. The highest BCUT2D eigenvalue weighted by molar-refractivity contribution is 7.80. The zero-order valence-corrected chi connectivity index (χ0v) is 20.5. The smallest absolute Gasteiger partial charge is 0.257 e. The van der Waals surface area contributed by atoms with Gasteiger partial charge in [0.25, 0.3) is 5.91 Å². The first-order chi connectivity index (χ1) is 16.3. The zero-order chi connectivity index (χ0) is 24.7. The normalized spacial score (nSPS) is 23.9. The van der Waals surface area contributed by atoms with E-state index in [0.29, 0.717) is 29.1 Å². The summed E-state index contributed by atoms with van der Waals surface area (Å²) in [5, 5.41) is 8.68. The van der Waals surface area contributed by atoms with Crippen LogP contribution in [-0.4, -0.2) is 62.7 Å². The molecule has 2 amide bonds. The van der Waals surface area contributed by atoms with Crippen molar-refractivity contribution in [2.75, 3.05) is 32.0 Å². The van der Waals surface area contributed by atoms with Crippen molar-refractivity contribution in [3.05, 3.63) is 47.7 Å². The lowest BCUT2D eigenvalue weighted by molar-refractivity contribution is -0.120. The number of rotatable bonds is 7. The Hall–Kier alpha value is -3.08. The summed E-state index contributed by atoms with van der Waals surface area (Å²) in [5.41, 5.74) is 1.60. The van der Waals surface area contributed by atoms with E-state index in [9.17, 15) is 9.59 Å². The molecule has 10 heteroatoms. The summed E-state index contributed by atoms with van der Waals surface area (Å²) in [4.78, 5) is 29.7. The molecule has 0 spiro atoms. The Morgan fingerprint density at radius 3 is 2.50 bits per heavy atom. The third-order valence-electron chi connectivity index (χ3n) is 5.61. The van der Waals surface area contributed by atoms with E-state index in [1.54, 1.807) is 43.5 Å². The van der Waals surface area contributed by atoms with Gasteiger partial charge >= 0.3 is 0 Å². The van der Waals surface area contributed by atoms with Crippen LogP contribution >= 0.6 is 12.2 Å². The zero-order valence-electron chi connectivity index (χ0n) is 19.7. The van der Waals surface area contributed by atoms with Crippen LogP contribution in [0, 0.1) is 5.92 Å². The summed E-state index contributed by atoms with van der Waals surface area (Å²) in [6.07, 6.45) is 5.49. The average Bonchev–Trinajstić information content (AvgIpc) is 2.83. The predicted molar refractivity (Wildman–Crippen MR) is 135 cm³/mol. The first-order valence-electron chi connectivity index (χ1n) is 10.9. The molecule has 0 saturated carbocycles. The maximum Gasteiger partial charge on any atom is 0.257 e. The number of nitrogens with zero attached hydrogens (tertiary/aromatic N) is 1. The number of aliphatic imine (C=N–C) groups is 1. The molecule has 1 aromatic carbocycles. The molecular weight excluding hydrogens is 456 g/mol. The van der Waals surface area contributed by atoms with Crippen molar-refractivity contribution in [2.24, 2.45) is 10.9 Å². The maximum absolute atomic E-state index is 12.8. The Morgan fingerprint density at radius 2 is 1.85 bits per heavy atom. The topological polar surface area (TPSA) is 110 Å². The third kappa shape index (κ3) is 6.49. The molecule has 3 rings (SSSR count). The third-order valence-corrected chi connectivity index (χ3v) is 5.81. The lowest BCUT2D eigenvalue weighted by Crippen LogP contribution is -2.39. The van der Waals surface area contributed by atoms with Crippen LogP contribution in [0.5, 0.6) is 0 Å². The highest BCUT2D eigenvalue weighted by Gasteiger charge is 2.30. The molecule has 182 valence electrons.